The molecule has 7 nitrogen and oxygen atoms in total. The van der Waals surface area contributed by atoms with Crippen LogP contribution in [0, 0.1) is 18.8 Å². The van der Waals surface area contributed by atoms with Gasteiger partial charge in [-0.1, -0.05) is 38.2 Å². The molecule has 1 aliphatic rings. The van der Waals surface area contributed by atoms with Crippen molar-refractivity contribution in [3.05, 3.63) is 23.8 Å². The molecule has 0 saturated heterocycles. The third-order valence-corrected chi connectivity index (χ3v) is 8.01. The van der Waals surface area contributed by atoms with Crippen LogP contribution >= 0.6 is 8.46 Å². The van der Waals surface area contributed by atoms with Crippen LogP contribution in [0.25, 0.3) is 0 Å². The van der Waals surface area contributed by atoms with E-state index >= 15 is 0 Å². The Morgan fingerprint density at radius 1 is 1.16 bits per heavy atom. The van der Waals surface area contributed by atoms with Gasteiger partial charge in [-0.3, -0.25) is 8.98 Å². The Morgan fingerprint density at radius 3 is 2.48 bits per heavy atom. The van der Waals surface area contributed by atoms with Crippen molar-refractivity contribution in [3.63, 3.8) is 0 Å². The summed E-state index contributed by atoms with van der Waals surface area (Å²) >= 11 is 0. The van der Waals surface area contributed by atoms with Gasteiger partial charge in [0.15, 0.2) is 0 Å². The molecule has 0 N–H and O–H groups in total. The molecule has 1 aliphatic carbocycles. The van der Waals surface area contributed by atoms with Gasteiger partial charge in [0, 0.05) is 5.66 Å². The lowest BCUT2D eigenvalue weighted by molar-refractivity contribution is -0.149. The van der Waals surface area contributed by atoms with Crippen molar-refractivity contribution < 1.29 is 31.4 Å². The number of hydrogen-bond acceptors (Lipinski definition) is 7. The molecule has 1 saturated carbocycles. The molecule has 1 aromatic carbocycles. The van der Waals surface area contributed by atoms with Crippen LogP contribution in [0.2, 0.25) is 0 Å². The number of ether oxygens (including phenoxy) is 2. The SMILES string of the molecule is CCOC(=O)C(CC1CCCCC1)C(COS(=O)(=O)c1ccc(C)cc1OCC)[PH2]=O. The summed E-state index contributed by atoms with van der Waals surface area (Å²) in [5.41, 5.74) is 0.163. The molecule has 0 radical (unpaired) electrons. The minimum absolute atomic E-state index is 0.0698. The standard InChI is InChI=1S/C22H35O7PS/c1-4-27-19-13-16(3)11-12-21(19)31(25,26)29-15-20(30-24)18(22(23)28-5-2)14-17-9-7-6-8-10-17/h11-13,17-18,20H,4-10,14-15,30H2,1-3H3. The molecule has 0 aromatic heterocycles. The average molecular weight is 475 g/mol. The summed E-state index contributed by atoms with van der Waals surface area (Å²) in [5.74, 6) is -0.476. The molecule has 9 heteroatoms. The fraction of sp³-hybridized carbons (Fsp3) is 0.682. The van der Waals surface area contributed by atoms with Crippen LogP contribution in [-0.2, 0) is 28.4 Å². The van der Waals surface area contributed by atoms with E-state index in [1.807, 2.05) is 6.92 Å². The Labute approximate surface area is 187 Å². The molecule has 0 bridgehead atoms. The van der Waals surface area contributed by atoms with E-state index in [0.29, 0.717) is 18.9 Å². The second-order valence-corrected chi connectivity index (χ2v) is 10.7. The van der Waals surface area contributed by atoms with E-state index in [0.717, 1.165) is 31.2 Å². The average Bonchev–Trinajstić information content (AvgIpc) is 2.74. The highest BCUT2D eigenvalue weighted by Gasteiger charge is 2.34. The first-order chi connectivity index (χ1) is 14.8. The molecule has 1 aromatic rings. The lowest BCUT2D eigenvalue weighted by Crippen LogP contribution is -2.33. The number of aryl methyl sites for hydroxylation is 1. The molecule has 3 unspecified atom stereocenters. The van der Waals surface area contributed by atoms with Crippen LogP contribution in [0.5, 0.6) is 5.75 Å². The van der Waals surface area contributed by atoms with Crippen molar-refractivity contribution in [1.29, 1.82) is 0 Å². The quantitative estimate of drug-likeness (QED) is 0.252. The Bertz CT molecular complexity index is 834. The molecule has 2 rings (SSSR count). The molecular formula is C22H35O7PS. The minimum Gasteiger partial charge on any atom is -0.492 e. The third kappa shape index (κ3) is 7.62. The van der Waals surface area contributed by atoms with Gasteiger partial charge in [-0.15, -0.1) is 0 Å². The summed E-state index contributed by atoms with van der Waals surface area (Å²) in [4.78, 5) is 12.5. The van der Waals surface area contributed by atoms with E-state index in [1.165, 1.54) is 12.5 Å². The molecule has 31 heavy (non-hydrogen) atoms. The monoisotopic (exact) mass is 474 g/mol. The fourth-order valence-corrected chi connectivity index (χ4v) is 5.93. The Morgan fingerprint density at radius 2 is 1.87 bits per heavy atom. The first kappa shape index (κ1) is 25.9. The molecule has 0 heterocycles. The predicted molar refractivity (Wildman–Crippen MR) is 121 cm³/mol. The van der Waals surface area contributed by atoms with Gasteiger partial charge in [-0.2, -0.15) is 8.42 Å². The maximum absolute atomic E-state index is 12.9. The second kappa shape index (κ2) is 12.6. The van der Waals surface area contributed by atoms with E-state index < -0.39 is 36.1 Å². The number of rotatable bonds is 12. The lowest BCUT2D eigenvalue weighted by atomic mass is 9.82. The summed E-state index contributed by atoms with van der Waals surface area (Å²) < 4.78 is 53.8. The van der Waals surface area contributed by atoms with Crippen LogP contribution in [0.3, 0.4) is 0 Å². The van der Waals surface area contributed by atoms with Gasteiger partial charge in [0.1, 0.15) is 10.6 Å². The van der Waals surface area contributed by atoms with Gasteiger partial charge in [-0.05, 0) is 50.8 Å². The van der Waals surface area contributed by atoms with Crippen LogP contribution in [-0.4, -0.2) is 39.9 Å². The number of hydrogen-bond donors (Lipinski definition) is 0. The van der Waals surface area contributed by atoms with Gasteiger partial charge < -0.3 is 14.0 Å². The van der Waals surface area contributed by atoms with Gasteiger partial charge in [-0.25, -0.2) is 0 Å². The largest absolute Gasteiger partial charge is 0.492 e. The summed E-state index contributed by atoms with van der Waals surface area (Å²) in [5, 5.41) is 0. The van der Waals surface area contributed by atoms with Crippen LogP contribution in [0.15, 0.2) is 23.1 Å². The summed E-state index contributed by atoms with van der Waals surface area (Å²) in [6.07, 6.45) is 6.03. The zero-order chi connectivity index (χ0) is 22.9. The molecule has 1 fully saturated rings. The van der Waals surface area contributed by atoms with Crippen LogP contribution in [0.4, 0.5) is 0 Å². The minimum atomic E-state index is -4.14. The molecule has 176 valence electrons. The highest BCUT2D eigenvalue weighted by Crippen LogP contribution is 2.34. The zero-order valence-electron chi connectivity index (χ0n) is 18.7. The lowest BCUT2D eigenvalue weighted by Gasteiger charge is -2.28. The van der Waals surface area contributed by atoms with Crippen molar-refractivity contribution in [2.24, 2.45) is 11.8 Å². The van der Waals surface area contributed by atoms with E-state index in [4.69, 9.17) is 13.7 Å². The normalized spacial score (nSPS) is 17.5. The van der Waals surface area contributed by atoms with Crippen LogP contribution < -0.4 is 4.74 Å². The van der Waals surface area contributed by atoms with Gasteiger partial charge >= 0.3 is 16.1 Å². The smallest absolute Gasteiger partial charge is 0.309 e. The highest BCUT2D eigenvalue weighted by molar-refractivity contribution is 7.86. The predicted octanol–water partition coefficient (Wildman–Crippen LogP) is 4.37. The van der Waals surface area contributed by atoms with E-state index in [9.17, 15) is 17.8 Å². The Balaban J connectivity index is 2.17. The molecule has 0 amide bonds. The van der Waals surface area contributed by atoms with Gasteiger partial charge in [0.25, 0.3) is 0 Å². The first-order valence-electron chi connectivity index (χ1n) is 11.1. The van der Waals surface area contributed by atoms with Gasteiger partial charge in [0.2, 0.25) is 0 Å². The second-order valence-electron chi connectivity index (χ2n) is 8.02. The maximum atomic E-state index is 12.9. The topological polar surface area (TPSA) is 96.0 Å². The third-order valence-electron chi connectivity index (χ3n) is 5.68. The molecular weight excluding hydrogens is 439 g/mol. The van der Waals surface area contributed by atoms with Crippen molar-refractivity contribution in [2.45, 2.75) is 69.9 Å². The summed E-state index contributed by atoms with van der Waals surface area (Å²) in [7, 11) is -5.57. The van der Waals surface area contributed by atoms with Crippen LogP contribution in [0.1, 0.15) is 57.9 Å². The number of carbonyl (C=O) groups is 1. The zero-order valence-corrected chi connectivity index (χ0v) is 20.6. The number of esters is 1. The molecule has 0 spiro atoms. The van der Waals surface area contributed by atoms with Crippen molar-refractivity contribution in [2.75, 3.05) is 19.8 Å². The van der Waals surface area contributed by atoms with Gasteiger partial charge in [0.05, 0.1) is 34.2 Å². The Kier molecular flexibility index (Phi) is 10.5. The van der Waals surface area contributed by atoms with Crippen molar-refractivity contribution in [1.82, 2.24) is 0 Å². The number of carbonyl (C=O) groups excluding carboxylic acids is 1. The van der Waals surface area contributed by atoms with E-state index in [2.05, 4.69) is 0 Å². The van der Waals surface area contributed by atoms with E-state index in [1.54, 1.807) is 26.0 Å². The summed E-state index contributed by atoms with van der Waals surface area (Å²) in [6.45, 7) is 5.54. The summed E-state index contributed by atoms with van der Waals surface area (Å²) in [6, 6.07) is 4.75. The molecule has 0 aliphatic heterocycles. The molecule has 3 atom stereocenters. The van der Waals surface area contributed by atoms with E-state index in [-0.39, 0.29) is 23.9 Å². The number of benzene rings is 1. The highest BCUT2D eigenvalue weighted by atomic mass is 32.2. The Hall–Kier alpha value is -1.37. The fourth-order valence-electron chi connectivity index (χ4n) is 4.05. The first-order valence-corrected chi connectivity index (χ1v) is 13.6. The maximum Gasteiger partial charge on any atom is 0.309 e. The van der Waals surface area contributed by atoms with Crippen molar-refractivity contribution in [3.8, 4) is 5.75 Å². The van der Waals surface area contributed by atoms with Crippen molar-refractivity contribution >= 4 is 24.5 Å².